The molecule has 1 unspecified atom stereocenters. The van der Waals surface area contributed by atoms with Crippen LogP contribution < -0.4 is 10.5 Å². The van der Waals surface area contributed by atoms with Crippen molar-refractivity contribution in [2.45, 2.75) is 26.0 Å². The number of halogens is 2. The van der Waals surface area contributed by atoms with E-state index >= 15 is 0 Å². The number of hydrogen-bond donors (Lipinski definition) is 1. The van der Waals surface area contributed by atoms with E-state index in [0.717, 1.165) is 25.8 Å². The molecule has 0 radical (unpaired) electrons. The molecule has 2 nitrogen and oxygen atoms in total. The lowest BCUT2D eigenvalue weighted by Gasteiger charge is -2.16. The van der Waals surface area contributed by atoms with Gasteiger partial charge in [-0.2, -0.15) is 0 Å². The summed E-state index contributed by atoms with van der Waals surface area (Å²) in [6, 6.07) is 13.8. The predicted octanol–water partition coefficient (Wildman–Crippen LogP) is 5.05. The highest BCUT2D eigenvalue weighted by Crippen LogP contribution is 2.30. The Morgan fingerprint density at radius 1 is 1.00 bits per heavy atom. The summed E-state index contributed by atoms with van der Waals surface area (Å²) in [5.41, 5.74) is 8.45. The van der Waals surface area contributed by atoms with Crippen molar-refractivity contribution in [1.82, 2.24) is 0 Å². The molecule has 2 rings (SSSR count). The first kappa shape index (κ1) is 15.5. The molecule has 0 bridgehead atoms. The van der Waals surface area contributed by atoms with Crippen molar-refractivity contribution in [3.05, 3.63) is 62.5 Å². The summed E-state index contributed by atoms with van der Waals surface area (Å²) in [6.07, 6.45) is 0.176. The number of ether oxygens (including phenoxy) is 1. The van der Waals surface area contributed by atoms with Crippen LogP contribution in [0.4, 0.5) is 0 Å². The van der Waals surface area contributed by atoms with Gasteiger partial charge in [-0.1, -0.05) is 50.1 Å². The largest absolute Gasteiger partial charge is 0.491 e. The van der Waals surface area contributed by atoms with Crippen molar-refractivity contribution < 1.29 is 4.74 Å². The number of hydrogen-bond acceptors (Lipinski definition) is 2. The molecule has 0 amide bonds. The molecule has 2 aromatic rings. The Morgan fingerprint density at radius 2 is 1.65 bits per heavy atom. The normalized spacial score (nSPS) is 12.5. The third-order valence-corrected chi connectivity index (χ3v) is 4.09. The molecule has 106 valence electrons. The van der Waals surface area contributed by atoms with Gasteiger partial charge in [-0.3, -0.25) is 0 Å². The highest BCUT2D eigenvalue weighted by atomic mass is 79.9. The third kappa shape index (κ3) is 3.84. The molecular weight excluding hydrogens is 382 g/mol. The van der Waals surface area contributed by atoms with Gasteiger partial charge in [0.15, 0.2) is 0 Å². The first-order valence-electron chi connectivity index (χ1n) is 6.44. The zero-order valence-corrected chi connectivity index (χ0v) is 14.6. The van der Waals surface area contributed by atoms with Gasteiger partial charge in [0.25, 0.3) is 0 Å². The fourth-order valence-electron chi connectivity index (χ4n) is 1.96. The smallest absolute Gasteiger partial charge is 0.119 e. The monoisotopic (exact) mass is 397 g/mol. The van der Waals surface area contributed by atoms with Crippen molar-refractivity contribution in [2.75, 3.05) is 0 Å². The van der Waals surface area contributed by atoms with E-state index in [1.807, 2.05) is 56.3 Å². The van der Waals surface area contributed by atoms with Crippen molar-refractivity contribution in [3.8, 4) is 5.75 Å². The van der Waals surface area contributed by atoms with Crippen LogP contribution in [0.3, 0.4) is 0 Å². The van der Waals surface area contributed by atoms with Crippen LogP contribution in [0.25, 0.3) is 0 Å². The van der Waals surface area contributed by atoms with Gasteiger partial charge in [0.1, 0.15) is 5.75 Å². The fourth-order valence-corrected chi connectivity index (χ4v) is 3.25. The molecule has 20 heavy (non-hydrogen) atoms. The Morgan fingerprint density at radius 3 is 2.20 bits per heavy atom. The molecule has 0 aliphatic carbocycles. The third-order valence-electron chi connectivity index (χ3n) is 2.91. The van der Waals surface area contributed by atoms with Crippen LogP contribution in [0.5, 0.6) is 5.75 Å². The first-order chi connectivity index (χ1) is 9.47. The van der Waals surface area contributed by atoms with E-state index in [4.69, 9.17) is 10.5 Å². The number of rotatable bonds is 4. The minimum atomic E-state index is -0.162. The number of nitrogens with two attached hydrogens (primary N) is 1. The van der Waals surface area contributed by atoms with Crippen LogP contribution in [0.2, 0.25) is 0 Å². The maximum absolute atomic E-state index is 6.33. The minimum absolute atomic E-state index is 0.162. The fraction of sp³-hybridized carbons (Fsp3) is 0.250. The summed E-state index contributed by atoms with van der Waals surface area (Å²) in [6.45, 7) is 4.02. The highest BCUT2D eigenvalue weighted by molar-refractivity contribution is 9.11. The van der Waals surface area contributed by atoms with Crippen molar-refractivity contribution in [3.63, 3.8) is 0 Å². The SMILES string of the molecule is CC(C)Oc1ccc(C(N)c2ccc(Br)cc2Br)cc1. The molecule has 0 saturated carbocycles. The van der Waals surface area contributed by atoms with Gasteiger partial charge < -0.3 is 10.5 Å². The van der Waals surface area contributed by atoms with E-state index in [1.165, 1.54) is 0 Å². The molecule has 0 aromatic heterocycles. The van der Waals surface area contributed by atoms with Gasteiger partial charge in [-0.25, -0.2) is 0 Å². The minimum Gasteiger partial charge on any atom is -0.491 e. The Balaban J connectivity index is 2.22. The highest BCUT2D eigenvalue weighted by Gasteiger charge is 2.12. The lowest BCUT2D eigenvalue weighted by Crippen LogP contribution is -2.12. The Hall–Kier alpha value is -0.840. The summed E-state index contributed by atoms with van der Waals surface area (Å²) in [7, 11) is 0. The van der Waals surface area contributed by atoms with E-state index in [2.05, 4.69) is 31.9 Å². The van der Waals surface area contributed by atoms with Crippen LogP contribution in [0.15, 0.2) is 51.4 Å². The van der Waals surface area contributed by atoms with Crippen molar-refractivity contribution in [2.24, 2.45) is 5.73 Å². The summed E-state index contributed by atoms with van der Waals surface area (Å²) in [4.78, 5) is 0. The average molecular weight is 399 g/mol. The molecule has 0 fully saturated rings. The standard InChI is InChI=1S/C16H17Br2NO/c1-10(2)20-13-6-3-11(4-7-13)16(19)14-8-5-12(17)9-15(14)18/h3-10,16H,19H2,1-2H3. The van der Waals surface area contributed by atoms with Crippen LogP contribution >= 0.6 is 31.9 Å². The lowest BCUT2D eigenvalue weighted by atomic mass is 10.00. The maximum atomic E-state index is 6.33. The van der Waals surface area contributed by atoms with Gasteiger partial charge in [0, 0.05) is 8.95 Å². The molecule has 0 heterocycles. The topological polar surface area (TPSA) is 35.2 Å². The zero-order chi connectivity index (χ0) is 14.7. The molecule has 0 spiro atoms. The first-order valence-corrected chi connectivity index (χ1v) is 8.03. The summed E-state index contributed by atoms with van der Waals surface area (Å²) < 4.78 is 7.67. The van der Waals surface area contributed by atoms with E-state index in [-0.39, 0.29) is 12.1 Å². The van der Waals surface area contributed by atoms with E-state index in [1.54, 1.807) is 0 Å². The van der Waals surface area contributed by atoms with Crippen molar-refractivity contribution in [1.29, 1.82) is 0 Å². The van der Waals surface area contributed by atoms with Crippen LogP contribution in [0.1, 0.15) is 31.0 Å². The second-order valence-corrected chi connectivity index (χ2v) is 6.65. The molecule has 2 aromatic carbocycles. The van der Waals surface area contributed by atoms with Gasteiger partial charge >= 0.3 is 0 Å². The second kappa shape index (κ2) is 6.74. The predicted molar refractivity (Wildman–Crippen MR) is 90.1 cm³/mol. The van der Waals surface area contributed by atoms with Gasteiger partial charge in [0.2, 0.25) is 0 Å². The lowest BCUT2D eigenvalue weighted by molar-refractivity contribution is 0.242. The second-order valence-electron chi connectivity index (χ2n) is 4.88. The molecule has 4 heteroatoms. The van der Waals surface area contributed by atoms with Gasteiger partial charge in [-0.15, -0.1) is 0 Å². The van der Waals surface area contributed by atoms with E-state index < -0.39 is 0 Å². The molecule has 2 N–H and O–H groups in total. The van der Waals surface area contributed by atoms with E-state index in [0.29, 0.717) is 0 Å². The summed E-state index contributed by atoms with van der Waals surface area (Å²) in [5.74, 6) is 0.867. The quantitative estimate of drug-likeness (QED) is 0.782. The van der Waals surface area contributed by atoms with Gasteiger partial charge in [0.05, 0.1) is 12.1 Å². The molecular formula is C16H17Br2NO. The molecule has 0 aliphatic rings. The molecule has 0 saturated heterocycles. The average Bonchev–Trinajstić information content (AvgIpc) is 2.38. The molecule has 1 atom stereocenters. The van der Waals surface area contributed by atoms with Crippen LogP contribution in [-0.2, 0) is 0 Å². The maximum Gasteiger partial charge on any atom is 0.119 e. The zero-order valence-electron chi connectivity index (χ0n) is 11.4. The Kier molecular flexibility index (Phi) is 5.24. The van der Waals surface area contributed by atoms with Crippen LogP contribution in [-0.4, -0.2) is 6.10 Å². The molecule has 0 aliphatic heterocycles. The van der Waals surface area contributed by atoms with Crippen LogP contribution in [0, 0.1) is 0 Å². The van der Waals surface area contributed by atoms with Gasteiger partial charge in [-0.05, 0) is 49.2 Å². The summed E-state index contributed by atoms with van der Waals surface area (Å²) >= 11 is 7.00. The van der Waals surface area contributed by atoms with E-state index in [9.17, 15) is 0 Å². The Bertz CT molecular complexity index is 582. The van der Waals surface area contributed by atoms with Crippen molar-refractivity contribution >= 4 is 31.9 Å². The number of benzene rings is 2. The summed E-state index contributed by atoms with van der Waals surface area (Å²) in [5, 5.41) is 0. The Labute approximate surface area is 136 Å².